The zero-order valence-electron chi connectivity index (χ0n) is 14.3. The molecular weight excluding hydrogens is 302 g/mol. The molecule has 24 heavy (non-hydrogen) atoms. The van der Waals surface area contributed by atoms with E-state index in [4.69, 9.17) is 4.74 Å². The Bertz CT molecular complexity index is 726. The molecule has 0 aromatic heterocycles. The Morgan fingerprint density at radius 3 is 2.46 bits per heavy atom. The Hall–Kier alpha value is -2.53. The fourth-order valence-electron chi connectivity index (χ4n) is 2.63. The number of nitrogens with zero attached hydrogens (tertiary/aromatic N) is 1. The summed E-state index contributed by atoms with van der Waals surface area (Å²) in [5.74, 6) is 0.624. The first-order valence-electron chi connectivity index (χ1n) is 8.10. The fourth-order valence-corrected chi connectivity index (χ4v) is 2.63. The lowest BCUT2D eigenvalue weighted by molar-refractivity contribution is -0.122. The number of hydrogen-bond donors (Lipinski definition) is 2. The molecule has 5 heteroatoms. The molecule has 1 unspecified atom stereocenters. The second-order valence-corrected chi connectivity index (χ2v) is 6.24. The molecule has 0 radical (unpaired) electrons. The molecule has 0 aliphatic carbocycles. The molecule has 0 fully saturated rings. The minimum Gasteiger partial charge on any atom is -0.479 e. The number of ether oxygens (including phenoxy) is 1. The highest BCUT2D eigenvalue weighted by atomic mass is 16.5. The van der Waals surface area contributed by atoms with Crippen molar-refractivity contribution in [3.05, 3.63) is 53.6 Å². The van der Waals surface area contributed by atoms with Crippen molar-refractivity contribution in [3.8, 4) is 5.75 Å². The van der Waals surface area contributed by atoms with Crippen LogP contribution in [0.1, 0.15) is 18.1 Å². The van der Waals surface area contributed by atoms with Crippen LogP contribution < -0.4 is 20.3 Å². The van der Waals surface area contributed by atoms with Crippen LogP contribution in [-0.2, 0) is 17.9 Å². The molecule has 1 aliphatic heterocycles. The number of hydrogen-bond acceptors (Lipinski definition) is 4. The maximum absolute atomic E-state index is 11.7. The minimum absolute atomic E-state index is 0.103. The van der Waals surface area contributed by atoms with Crippen molar-refractivity contribution < 1.29 is 9.53 Å². The summed E-state index contributed by atoms with van der Waals surface area (Å²) in [5.41, 5.74) is 4.28. The number of nitrogens with one attached hydrogen (secondary N) is 2. The van der Waals surface area contributed by atoms with Gasteiger partial charge in [0, 0.05) is 32.9 Å². The standard InChI is InChI=1S/C19H23N3O2/c1-13-19(23)21-17-10-15(6-9-18(17)24-13)12-20-11-14-4-7-16(8-5-14)22(2)3/h4-10,13,20H,11-12H2,1-3H3,(H,21,23). The van der Waals surface area contributed by atoms with E-state index in [2.05, 4.69) is 39.8 Å². The van der Waals surface area contributed by atoms with E-state index in [9.17, 15) is 4.79 Å². The van der Waals surface area contributed by atoms with Gasteiger partial charge < -0.3 is 20.3 Å². The minimum atomic E-state index is -0.438. The Morgan fingerprint density at radius 1 is 1.08 bits per heavy atom. The van der Waals surface area contributed by atoms with Crippen LogP contribution in [-0.4, -0.2) is 26.1 Å². The Morgan fingerprint density at radius 2 is 1.75 bits per heavy atom. The fraction of sp³-hybridized carbons (Fsp3) is 0.316. The van der Waals surface area contributed by atoms with Crippen LogP contribution in [0.3, 0.4) is 0 Å². The third-order valence-electron chi connectivity index (χ3n) is 4.09. The monoisotopic (exact) mass is 325 g/mol. The highest BCUT2D eigenvalue weighted by Crippen LogP contribution is 2.30. The molecule has 1 heterocycles. The molecule has 1 aliphatic rings. The highest BCUT2D eigenvalue weighted by molar-refractivity contribution is 5.97. The van der Waals surface area contributed by atoms with Gasteiger partial charge in [0.25, 0.3) is 5.91 Å². The van der Waals surface area contributed by atoms with Gasteiger partial charge in [0.05, 0.1) is 5.69 Å². The van der Waals surface area contributed by atoms with E-state index >= 15 is 0 Å². The van der Waals surface area contributed by atoms with Crippen LogP contribution in [0.2, 0.25) is 0 Å². The van der Waals surface area contributed by atoms with Crippen molar-refractivity contribution in [2.45, 2.75) is 26.1 Å². The zero-order chi connectivity index (χ0) is 17.1. The van der Waals surface area contributed by atoms with Gasteiger partial charge in [-0.25, -0.2) is 0 Å². The van der Waals surface area contributed by atoms with Gasteiger partial charge in [0.2, 0.25) is 0 Å². The molecule has 2 aromatic rings. The third kappa shape index (κ3) is 3.68. The molecule has 1 amide bonds. The van der Waals surface area contributed by atoms with Crippen molar-refractivity contribution in [1.82, 2.24) is 5.32 Å². The summed E-state index contributed by atoms with van der Waals surface area (Å²) in [7, 11) is 4.07. The van der Waals surface area contributed by atoms with E-state index < -0.39 is 6.10 Å². The zero-order valence-corrected chi connectivity index (χ0v) is 14.3. The number of carbonyl (C=O) groups excluding carboxylic acids is 1. The maximum Gasteiger partial charge on any atom is 0.265 e. The number of amides is 1. The van der Waals surface area contributed by atoms with Crippen LogP contribution in [0, 0.1) is 0 Å². The lowest BCUT2D eigenvalue weighted by Crippen LogP contribution is -2.34. The number of anilines is 2. The smallest absolute Gasteiger partial charge is 0.265 e. The van der Waals surface area contributed by atoms with Crippen LogP contribution in [0.4, 0.5) is 11.4 Å². The first-order valence-corrected chi connectivity index (χ1v) is 8.10. The average molecular weight is 325 g/mol. The molecule has 5 nitrogen and oxygen atoms in total. The molecule has 2 aromatic carbocycles. The second kappa shape index (κ2) is 6.93. The predicted molar refractivity (Wildman–Crippen MR) is 96.5 cm³/mol. The molecule has 126 valence electrons. The van der Waals surface area contributed by atoms with Crippen molar-refractivity contribution in [1.29, 1.82) is 0 Å². The quantitative estimate of drug-likeness (QED) is 0.887. The van der Waals surface area contributed by atoms with Crippen LogP contribution >= 0.6 is 0 Å². The van der Waals surface area contributed by atoms with Crippen molar-refractivity contribution in [2.24, 2.45) is 0 Å². The van der Waals surface area contributed by atoms with Gasteiger partial charge in [-0.15, -0.1) is 0 Å². The van der Waals surface area contributed by atoms with Gasteiger partial charge in [0.1, 0.15) is 5.75 Å². The topological polar surface area (TPSA) is 53.6 Å². The molecular formula is C19H23N3O2. The summed E-state index contributed by atoms with van der Waals surface area (Å²) < 4.78 is 5.57. The first kappa shape index (κ1) is 16.3. The summed E-state index contributed by atoms with van der Waals surface area (Å²) >= 11 is 0. The molecule has 0 bridgehead atoms. The predicted octanol–water partition coefficient (Wildman–Crippen LogP) is 2.76. The van der Waals surface area contributed by atoms with Crippen molar-refractivity contribution >= 4 is 17.3 Å². The molecule has 3 rings (SSSR count). The van der Waals surface area contributed by atoms with Gasteiger partial charge in [-0.05, 0) is 42.3 Å². The Labute approximate surface area is 142 Å². The largest absolute Gasteiger partial charge is 0.479 e. The van der Waals surface area contributed by atoms with E-state index in [1.807, 2.05) is 32.3 Å². The molecule has 0 saturated carbocycles. The second-order valence-electron chi connectivity index (χ2n) is 6.24. The van der Waals surface area contributed by atoms with E-state index in [0.29, 0.717) is 0 Å². The van der Waals surface area contributed by atoms with Crippen LogP contribution in [0.5, 0.6) is 5.75 Å². The van der Waals surface area contributed by atoms with E-state index in [0.717, 1.165) is 30.1 Å². The number of fused-ring (bicyclic) bond motifs is 1. The molecule has 0 saturated heterocycles. The SMILES string of the molecule is CC1Oc2ccc(CNCc3ccc(N(C)C)cc3)cc2NC1=O. The number of benzene rings is 2. The van der Waals surface area contributed by atoms with Crippen LogP contribution in [0.25, 0.3) is 0 Å². The van der Waals surface area contributed by atoms with E-state index in [1.54, 1.807) is 6.92 Å². The average Bonchev–Trinajstić information content (AvgIpc) is 2.56. The lowest BCUT2D eigenvalue weighted by atomic mass is 10.1. The van der Waals surface area contributed by atoms with Gasteiger partial charge >= 0.3 is 0 Å². The molecule has 1 atom stereocenters. The highest BCUT2D eigenvalue weighted by Gasteiger charge is 2.23. The molecule has 2 N–H and O–H groups in total. The number of carbonyl (C=O) groups is 1. The van der Waals surface area contributed by atoms with Gasteiger partial charge in [-0.1, -0.05) is 18.2 Å². The van der Waals surface area contributed by atoms with Crippen molar-refractivity contribution in [2.75, 3.05) is 24.3 Å². The summed E-state index contributed by atoms with van der Waals surface area (Å²) in [6, 6.07) is 14.4. The van der Waals surface area contributed by atoms with Gasteiger partial charge in [0.15, 0.2) is 6.10 Å². The summed E-state index contributed by atoms with van der Waals surface area (Å²) in [6.07, 6.45) is -0.438. The Kier molecular flexibility index (Phi) is 4.71. The van der Waals surface area contributed by atoms with Crippen molar-refractivity contribution in [3.63, 3.8) is 0 Å². The first-order chi connectivity index (χ1) is 11.5. The lowest BCUT2D eigenvalue weighted by Gasteiger charge is -2.23. The summed E-state index contributed by atoms with van der Waals surface area (Å²) in [6.45, 7) is 3.27. The normalized spacial score (nSPS) is 16.1. The van der Waals surface area contributed by atoms with E-state index in [-0.39, 0.29) is 5.91 Å². The van der Waals surface area contributed by atoms with Gasteiger partial charge in [-0.3, -0.25) is 4.79 Å². The van der Waals surface area contributed by atoms with E-state index in [1.165, 1.54) is 11.3 Å². The summed E-state index contributed by atoms with van der Waals surface area (Å²) in [4.78, 5) is 13.8. The van der Waals surface area contributed by atoms with Crippen LogP contribution in [0.15, 0.2) is 42.5 Å². The Balaban J connectivity index is 1.57. The third-order valence-corrected chi connectivity index (χ3v) is 4.09. The molecule has 0 spiro atoms. The van der Waals surface area contributed by atoms with Gasteiger partial charge in [-0.2, -0.15) is 0 Å². The maximum atomic E-state index is 11.7. The number of rotatable bonds is 5. The summed E-state index contributed by atoms with van der Waals surface area (Å²) in [5, 5.41) is 6.30.